The Bertz CT molecular complexity index is 336. The fraction of sp³-hybridized carbons (Fsp3) is 0.538. The second-order valence-electron chi connectivity index (χ2n) is 4.44. The average Bonchev–Trinajstić information content (AvgIpc) is 2.29. The lowest BCUT2D eigenvalue weighted by molar-refractivity contribution is -0.0319. The van der Waals surface area contributed by atoms with E-state index in [0.717, 1.165) is 19.7 Å². The molecule has 16 heavy (non-hydrogen) atoms. The van der Waals surface area contributed by atoms with Gasteiger partial charge in [0.25, 0.3) is 0 Å². The van der Waals surface area contributed by atoms with Crippen molar-refractivity contribution in [2.24, 2.45) is 0 Å². The summed E-state index contributed by atoms with van der Waals surface area (Å²) in [6.07, 6.45) is 0.313. The maximum absolute atomic E-state index is 9.26. The van der Waals surface area contributed by atoms with Crippen LogP contribution in [0.3, 0.4) is 0 Å². The summed E-state index contributed by atoms with van der Waals surface area (Å²) in [6, 6.07) is 7.85. The average molecular weight is 221 g/mol. The Labute approximate surface area is 96.6 Å². The van der Waals surface area contributed by atoms with Gasteiger partial charge < -0.3 is 9.84 Å². The van der Waals surface area contributed by atoms with E-state index in [1.807, 2.05) is 12.1 Å². The van der Waals surface area contributed by atoms with Gasteiger partial charge in [-0.05, 0) is 31.5 Å². The molecular weight excluding hydrogens is 202 g/mol. The topological polar surface area (TPSA) is 32.7 Å². The van der Waals surface area contributed by atoms with Gasteiger partial charge in [0.1, 0.15) is 5.75 Å². The Morgan fingerprint density at radius 1 is 1.38 bits per heavy atom. The number of morpholine rings is 1. The minimum absolute atomic E-state index is 0.313. The van der Waals surface area contributed by atoms with E-state index < -0.39 is 0 Å². The number of rotatable bonds is 2. The van der Waals surface area contributed by atoms with E-state index in [-0.39, 0.29) is 0 Å². The van der Waals surface area contributed by atoms with Crippen molar-refractivity contribution >= 4 is 0 Å². The molecule has 1 N–H and O–H groups in total. The van der Waals surface area contributed by atoms with Crippen molar-refractivity contribution < 1.29 is 9.84 Å². The first-order valence-corrected chi connectivity index (χ1v) is 5.81. The standard InChI is InChI=1S/C13H19NO2/c1-10-9-14(7-8-16-10)11(2)12-3-5-13(15)6-4-12/h3-6,10-11,15H,7-9H2,1-2H3. The molecule has 0 aromatic heterocycles. The van der Waals surface area contributed by atoms with Crippen molar-refractivity contribution in [3.63, 3.8) is 0 Å². The van der Waals surface area contributed by atoms with Gasteiger partial charge in [0, 0.05) is 19.1 Å². The molecule has 1 aromatic rings. The van der Waals surface area contributed by atoms with Crippen molar-refractivity contribution in [2.45, 2.75) is 26.0 Å². The van der Waals surface area contributed by atoms with Gasteiger partial charge in [0.05, 0.1) is 12.7 Å². The van der Waals surface area contributed by atoms with E-state index >= 15 is 0 Å². The first-order valence-electron chi connectivity index (χ1n) is 5.81. The summed E-state index contributed by atoms with van der Waals surface area (Å²) in [7, 11) is 0. The highest BCUT2D eigenvalue weighted by Gasteiger charge is 2.22. The smallest absolute Gasteiger partial charge is 0.115 e. The second-order valence-corrected chi connectivity index (χ2v) is 4.44. The molecule has 0 radical (unpaired) electrons. The molecule has 0 spiro atoms. The number of benzene rings is 1. The van der Waals surface area contributed by atoms with E-state index in [9.17, 15) is 5.11 Å². The normalized spacial score (nSPS) is 24.2. The van der Waals surface area contributed by atoms with Crippen molar-refractivity contribution in [1.29, 1.82) is 0 Å². The molecule has 88 valence electrons. The maximum atomic E-state index is 9.26. The van der Waals surface area contributed by atoms with E-state index in [1.54, 1.807) is 12.1 Å². The van der Waals surface area contributed by atoms with Crippen molar-refractivity contribution in [3.8, 4) is 5.75 Å². The summed E-state index contributed by atoms with van der Waals surface area (Å²) >= 11 is 0. The number of nitrogens with zero attached hydrogens (tertiary/aromatic N) is 1. The molecule has 0 saturated carbocycles. The van der Waals surface area contributed by atoms with Crippen LogP contribution in [0.15, 0.2) is 24.3 Å². The third-order valence-electron chi connectivity index (χ3n) is 3.20. The lowest BCUT2D eigenvalue weighted by Gasteiger charge is -2.35. The van der Waals surface area contributed by atoms with Gasteiger partial charge in [-0.3, -0.25) is 4.90 Å². The molecule has 3 nitrogen and oxygen atoms in total. The zero-order valence-corrected chi connectivity index (χ0v) is 9.89. The summed E-state index contributed by atoms with van der Waals surface area (Å²) < 4.78 is 5.53. The predicted molar refractivity (Wildman–Crippen MR) is 63.5 cm³/mol. The zero-order chi connectivity index (χ0) is 11.5. The lowest BCUT2D eigenvalue weighted by atomic mass is 10.1. The van der Waals surface area contributed by atoms with Gasteiger partial charge in [-0.1, -0.05) is 12.1 Å². The van der Waals surface area contributed by atoms with Crippen molar-refractivity contribution in [3.05, 3.63) is 29.8 Å². The molecule has 1 aromatic carbocycles. The highest BCUT2D eigenvalue weighted by Crippen LogP contribution is 2.23. The Kier molecular flexibility index (Phi) is 3.46. The SMILES string of the molecule is CC1CN(C(C)c2ccc(O)cc2)CCO1. The van der Waals surface area contributed by atoms with E-state index in [4.69, 9.17) is 4.74 Å². The number of ether oxygens (including phenoxy) is 1. The molecule has 0 bridgehead atoms. The van der Waals surface area contributed by atoms with Crippen LogP contribution in [-0.2, 0) is 4.74 Å². The molecule has 1 aliphatic rings. The molecule has 2 unspecified atom stereocenters. The fourth-order valence-electron chi connectivity index (χ4n) is 2.16. The Balaban J connectivity index is 2.06. The minimum atomic E-state index is 0.313. The molecule has 2 atom stereocenters. The Morgan fingerprint density at radius 3 is 2.69 bits per heavy atom. The Hall–Kier alpha value is -1.06. The fourth-order valence-corrected chi connectivity index (χ4v) is 2.16. The first kappa shape index (κ1) is 11.4. The van der Waals surface area contributed by atoms with Crippen LogP contribution >= 0.6 is 0 Å². The number of hydrogen-bond donors (Lipinski definition) is 1. The van der Waals surface area contributed by atoms with E-state index in [2.05, 4.69) is 18.7 Å². The van der Waals surface area contributed by atoms with Gasteiger partial charge in [-0.15, -0.1) is 0 Å². The molecule has 1 saturated heterocycles. The van der Waals surface area contributed by atoms with E-state index in [0.29, 0.717) is 17.9 Å². The van der Waals surface area contributed by atoms with Crippen LogP contribution in [0.2, 0.25) is 0 Å². The summed E-state index contributed by atoms with van der Waals surface area (Å²) in [5, 5.41) is 9.26. The van der Waals surface area contributed by atoms with E-state index in [1.165, 1.54) is 5.56 Å². The van der Waals surface area contributed by atoms with Gasteiger partial charge in [-0.2, -0.15) is 0 Å². The summed E-state index contributed by atoms with van der Waals surface area (Å²) in [5.74, 6) is 0.325. The largest absolute Gasteiger partial charge is 0.508 e. The van der Waals surface area contributed by atoms with Crippen LogP contribution < -0.4 is 0 Å². The van der Waals surface area contributed by atoms with Gasteiger partial charge in [-0.25, -0.2) is 0 Å². The van der Waals surface area contributed by atoms with Crippen LogP contribution in [0.5, 0.6) is 5.75 Å². The van der Waals surface area contributed by atoms with Gasteiger partial charge >= 0.3 is 0 Å². The second kappa shape index (κ2) is 4.85. The number of phenols is 1. The number of aromatic hydroxyl groups is 1. The van der Waals surface area contributed by atoms with Crippen molar-refractivity contribution in [2.75, 3.05) is 19.7 Å². The van der Waals surface area contributed by atoms with Crippen LogP contribution in [0.1, 0.15) is 25.5 Å². The third-order valence-corrected chi connectivity index (χ3v) is 3.20. The molecule has 3 heteroatoms. The predicted octanol–water partition coefficient (Wildman–Crippen LogP) is 2.17. The quantitative estimate of drug-likeness (QED) is 0.830. The summed E-state index contributed by atoms with van der Waals surface area (Å²) in [4.78, 5) is 2.42. The monoisotopic (exact) mass is 221 g/mol. The summed E-state index contributed by atoms with van der Waals surface area (Å²) in [6.45, 7) is 7.07. The molecule has 2 rings (SSSR count). The first-order chi connectivity index (χ1) is 7.66. The number of hydrogen-bond acceptors (Lipinski definition) is 3. The van der Waals surface area contributed by atoms with Crippen LogP contribution in [0, 0.1) is 0 Å². The van der Waals surface area contributed by atoms with Crippen LogP contribution in [0.4, 0.5) is 0 Å². The highest BCUT2D eigenvalue weighted by atomic mass is 16.5. The molecule has 1 aliphatic heterocycles. The summed E-state index contributed by atoms with van der Waals surface area (Å²) in [5.41, 5.74) is 1.24. The minimum Gasteiger partial charge on any atom is -0.508 e. The van der Waals surface area contributed by atoms with Crippen LogP contribution in [-0.4, -0.2) is 35.8 Å². The highest BCUT2D eigenvalue weighted by molar-refractivity contribution is 5.27. The van der Waals surface area contributed by atoms with Crippen molar-refractivity contribution in [1.82, 2.24) is 4.90 Å². The van der Waals surface area contributed by atoms with Gasteiger partial charge in [0.15, 0.2) is 0 Å². The lowest BCUT2D eigenvalue weighted by Crippen LogP contribution is -2.42. The Morgan fingerprint density at radius 2 is 2.06 bits per heavy atom. The van der Waals surface area contributed by atoms with Gasteiger partial charge in [0.2, 0.25) is 0 Å². The molecule has 0 amide bonds. The maximum Gasteiger partial charge on any atom is 0.115 e. The molecule has 0 aliphatic carbocycles. The zero-order valence-electron chi connectivity index (χ0n) is 9.89. The molecule has 1 heterocycles. The molecular formula is C13H19NO2. The third kappa shape index (κ3) is 2.54. The molecule has 1 fully saturated rings. The number of phenolic OH excluding ortho intramolecular Hbond substituents is 1. The van der Waals surface area contributed by atoms with Crippen LogP contribution in [0.25, 0.3) is 0 Å².